The van der Waals surface area contributed by atoms with Crippen LogP contribution in [-0.2, 0) is 0 Å². The summed E-state index contributed by atoms with van der Waals surface area (Å²) in [5, 5.41) is 8.81. The number of carboxylic acid groups (broad SMARTS) is 1. The lowest BCUT2D eigenvalue weighted by atomic mass is 10.1. The molecule has 4 nitrogen and oxygen atoms in total. The maximum atomic E-state index is 13.6. The highest BCUT2D eigenvalue weighted by Gasteiger charge is 2.13. The first-order valence-electron chi connectivity index (χ1n) is 5.73. The first-order chi connectivity index (χ1) is 9.56. The number of H-pyrrole nitrogens is 1. The van der Waals surface area contributed by atoms with Crippen molar-refractivity contribution in [2.75, 3.05) is 0 Å². The smallest absolute Gasteiger partial charge is 0.335 e. The zero-order valence-corrected chi connectivity index (χ0v) is 10.0. The molecule has 1 aromatic heterocycles. The highest BCUT2D eigenvalue weighted by Crippen LogP contribution is 2.23. The van der Waals surface area contributed by atoms with E-state index >= 15 is 0 Å². The fourth-order valence-corrected chi connectivity index (χ4v) is 1.92. The van der Waals surface area contributed by atoms with Crippen molar-refractivity contribution in [1.82, 2.24) is 9.97 Å². The second-order valence-corrected chi connectivity index (χ2v) is 4.23. The highest BCUT2D eigenvalue weighted by molar-refractivity contribution is 5.88. The van der Waals surface area contributed by atoms with E-state index in [1.54, 1.807) is 12.1 Å². The van der Waals surface area contributed by atoms with E-state index in [2.05, 4.69) is 9.97 Å². The molecule has 0 radical (unpaired) electrons. The Morgan fingerprint density at radius 1 is 1.10 bits per heavy atom. The normalized spacial score (nSPS) is 10.9. The monoisotopic (exact) mass is 274 g/mol. The Morgan fingerprint density at radius 3 is 2.45 bits per heavy atom. The standard InChI is InChI=1S/C14H8F2N2O2/c15-9-5-6-10-12(11(9)16)18-13(17-10)7-1-3-8(4-2-7)14(19)20/h1-6H,(H,17,18)(H,19,20). The van der Waals surface area contributed by atoms with Gasteiger partial charge in [0.25, 0.3) is 0 Å². The molecule has 0 aliphatic carbocycles. The van der Waals surface area contributed by atoms with E-state index in [0.717, 1.165) is 6.07 Å². The van der Waals surface area contributed by atoms with Crippen LogP contribution in [0.1, 0.15) is 10.4 Å². The molecule has 0 fully saturated rings. The lowest BCUT2D eigenvalue weighted by Gasteiger charge is -1.97. The lowest BCUT2D eigenvalue weighted by Crippen LogP contribution is -1.95. The number of carboxylic acids is 1. The van der Waals surface area contributed by atoms with Crippen LogP contribution in [0.2, 0.25) is 0 Å². The Balaban J connectivity index is 2.10. The minimum Gasteiger partial charge on any atom is -0.478 e. The van der Waals surface area contributed by atoms with Crippen molar-refractivity contribution in [2.45, 2.75) is 0 Å². The molecule has 0 aliphatic rings. The SMILES string of the molecule is O=C(O)c1ccc(-c2nc3c(F)c(F)ccc3[nH]2)cc1. The van der Waals surface area contributed by atoms with Crippen LogP contribution in [-0.4, -0.2) is 21.0 Å². The summed E-state index contributed by atoms with van der Waals surface area (Å²) in [4.78, 5) is 17.6. The van der Waals surface area contributed by atoms with Gasteiger partial charge >= 0.3 is 5.97 Å². The number of aromatic nitrogens is 2. The van der Waals surface area contributed by atoms with Crippen LogP contribution < -0.4 is 0 Å². The van der Waals surface area contributed by atoms with E-state index in [9.17, 15) is 13.6 Å². The molecule has 20 heavy (non-hydrogen) atoms. The number of halogens is 2. The fraction of sp³-hybridized carbons (Fsp3) is 0. The quantitative estimate of drug-likeness (QED) is 0.754. The summed E-state index contributed by atoms with van der Waals surface area (Å²) >= 11 is 0. The van der Waals surface area contributed by atoms with E-state index in [1.165, 1.54) is 18.2 Å². The van der Waals surface area contributed by atoms with Crippen molar-refractivity contribution in [2.24, 2.45) is 0 Å². The van der Waals surface area contributed by atoms with Gasteiger partial charge in [0.15, 0.2) is 11.6 Å². The highest BCUT2D eigenvalue weighted by atomic mass is 19.2. The van der Waals surface area contributed by atoms with Crippen molar-refractivity contribution in [3.63, 3.8) is 0 Å². The summed E-state index contributed by atoms with van der Waals surface area (Å²) in [6.07, 6.45) is 0. The summed E-state index contributed by atoms with van der Waals surface area (Å²) in [5.74, 6) is -2.65. The van der Waals surface area contributed by atoms with Crippen LogP contribution in [0.4, 0.5) is 8.78 Å². The molecule has 0 unspecified atom stereocenters. The fourth-order valence-electron chi connectivity index (χ4n) is 1.92. The number of benzene rings is 2. The molecule has 6 heteroatoms. The predicted octanol–water partition coefficient (Wildman–Crippen LogP) is 3.21. The summed E-state index contributed by atoms with van der Waals surface area (Å²) in [7, 11) is 0. The first-order valence-corrected chi connectivity index (χ1v) is 5.73. The van der Waals surface area contributed by atoms with Gasteiger partial charge in [0, 0.05) is 5.56 Å². The minimum absolute atomic E-state index is 0.0812. The minimum atomic E-state index is -1.03. The summed E-state index contributed by atoms with van der Waals surface area (Å²) < 4.78 is 26.7. The summed E-state index contributed by atoms with van der Waals surface area (Å²) in [5.41, 5.74) is 1.02. The number of rotatable bonds is 2. The molecular weight excluding hydrogens is 266 g/mol. The topological polar surface area (TPSA) is 66.0 Å². The van der Waals surface area contributed by atoms with Crippen LogP contribution in [0.25, 0.3) is 22.4 Å². The maximum Gasteiger partial charge on any atom is 0.335 e. The number of nitrogens with zero attached hydrogens (tertiary/aromatic N) is 1. The molecule has 2 aromatic carbocycles. The van der Waals surface area contributed by atoms with Crippen LogP contribution in [0, 0.1) is 11.6 Å². The van der Waals surface area contributed by atoms with Crippen LogP contribution in [0.3, 0.4) is 0 Å². The largest absolute Gasteiger partial charge is 0.478 e. The molecule has 0 spiro atoms. The number of nitrogens with one attached hydrogen (secondary N) is 1. The zero-order chi connectivity index (χ0) is 14.3. The third-order valence-corrected chi connectivity index (χ3v) is 2.95. The molecule has 100 valence electrons. The van der Waals surface area contributed by atoms with Gasteiger partial charge in [-0.15, -0.1) is 0 Å². The molecule has 0 saturated heterocycles. The van der Waals surface area contributed by atoms with Crippen LogP contribution in [0.5, 0.6) is 0 Å². The van der Waals surface area contributed by atoms with Crippen molar-refractivity contribution in [3.8, 4) is 11.4 Å². The number of aromatic carboxylic acids is 1. The van der Waals surface area contributed by atoms with E-state index in [1.807, 2.05) is 0 Å². The molecular formula is C14H8F2N2O2. The van der Waals surface area contributed by atoms with E-state index in [4.69, 9.17) is 5.11 Å². The van der Waals surface area contributed by atoms with Crippen LogP contribution in [0.15, 0.2) is 36.4 Å². The number of fused-ring (bicyclic) bond motifs is 1. The molecule has 0 saturated carbocycles. The molecule has 3 rings (SSSR count). The molecule has 1 heterocycles. The average molecular weight is 274 g/mol. The van der Waals surface area contributed by atoms with Crippen molar-refractivity contribution in [1.29, 1.82) is 0 Å². The van der Waals surface area contributed by atoms with E-state index < -0.39 is 17.6 Å². The molecule has 2 N–H and O–H groups in total. The van der Waals surface area contributed by atoms with E-state index in [-0.39, 0.29) is 11.1 Å². The Kier molecular flexibility index (Phi) is 2.71. The van der Waals surface area contributed by atoms with Gasteiger partial charge in [0.05, 0.1) is 11.1 Å². The van der Waals surface area contributed by atoms with Crippen LogP contribution >= 0.6 is 0 Å². The molecule has 0 amide bonds. The molecule has 3 aromatic rings. The number of imidazole rings is 1. The van der Waals surface area contributed by atoms with Gasteiger partial charge in [0.1, 0.15) is 11.3 Å². The zero-order valence-electron chi connectivity index (χ0n) is 10.0. The predicted molar refractivity (Wildman–Crippen MR) is 68.4 cm³/mol. The van der Waals surface area contributed by atoms with Gasteiger partial charge in [-0.2, -0.15) is 0 Å². The number of aromatic amines is 1. The second kappa shape index (κ2) is 4.41. The second-order valence-electron chi connectivity index (χ2n) is 4.23. The van der Waals surface area contributed by atoms with Gasteiger partial charge in [-0.1, -0.05) is 12.1 Å². The van der Waals surface area contributed by atoms with Gasteiger partial charge < -0.3 is 10.1 Å². The Morgan fingerprint density at radius 2 is 1.80 bits per heavy atom. The van der Waals surface area contributed by atoms with Crippen molar-refractivity contribution < 1.29 is 18.7 Å². The summed E-state index contributed by atoms with van der Waals surface area (Å²) in [6.45, 7) is 0. The Bertz CT molecular complexity index is 810. The van der Waals surface area contributed by atoms with Gasteiger partial charge in [-0.05, 0) is 24.3 Å². The van der Waals surface area contributed by atoms with Crippen molar-refractivity contribution >= 4 is 17.0 Å². The molecule has 0 atom stereocenters. The molecule has 0 aliphatic heterocycles. The first kappa shape index (κ1) is 12.3. The summed E-state index contributed by atoms with van der Waals surface area (Å²) in [6, 6.07) is 8.36. The maximum absolute atomic E-state index is 13.6. The number of hydrogen-bond acceptors (Lipinski definition) is 2. The lowest BCUT2D eigenvalue weighted by molar-refractivity contribution is 0.0697. The number of carbonyl (C=O) groups is 1. The van der Waals surface area contributed by atoms with Crippen molar-refractivity contribution in [3.05, 3.63) is 53.6 Å². The average Bonchev–Trinajstić information content (AvgIpc) is 2.88. The third kappa shape index (κ3) is 1.91. The van der Waals surface area contributed by atoms with E-state index in [0.29, 0.717) is 16.9 Å². The Hall–Kier alpha value is -2.76. The molecule has 0 bridgehead atoms. The van der Waals surface area contributed by atoms with Gasteiger partial charge in [-0.3, -0.25) is 0 Å². The van der Waals surface area contributed by atoms with Gasteiger partial charge in [0.2, 0.25) is 0 Å². The van der Waals surface area contributed by atoms with Gasteiger partial charge in [-0.25, -0.2) is 18.6 Å². The number of hydrogen-bond donors (Lipinski definition) is 2. The third-order valence-electron chi connectivity index (χ3n) is 2.95. The Labute approximate surface area is 111 Å².